The third-order valence-corrected chi connectivity index (χ3v) is 4.41. The van der Waals surface area contributed by atoms with Gasteiger partial charge in [-0.2, -0.15) is 0 Å². The molecule has 0 unspecified atom stereocenters. The SMILES string of the molecule is CC(C)Oc1ccc(NS(=O)(=O)Cc2ccccc2Cl)cc1. The molecule has 0 bridgehead atoms. The monoisotopic (exact) mass is 339 g/mol. The number of hydrogen-bond acceptors (Lipinski definition) is 3. The van der Waals surface area contributed by atoms with E-state index in [0.29, 0.717) is 22.0 Å². The summed E-state index contributed by atoms with van der Waals surface area (Å²) in [6.07, 6.45) is 0.0720. The van der Waals surface area contributed by atoms with Gasteiger partial charge in [0, 0.05) is 10.7 Å². The number of benzene rings is 2. The van der Waals surface area contributed by atoms with E-state index in [0.717, 1.165) is 0 Å². The Morgan fingerprint density at radius 2 is 1.73 bits per heavy atom. The maximum atomic E-state index is 12.2. The number of nitrogens with one attached hydrogen (secondary N) is 1. The summed E-state index contributed by atoms with van der Waals surface area (Å²) < 4.78 is 32.4. The van der Waals surface area contributed by atoms with E-state index >= 15 is 0 Å². The van der Waals surface area contributed by atoms with Crippen LogP contribution in [0.25, 0.3) is 0 Å². The maximum absolute atomic E-state index is 12.2. The second kappa shape index (κ2) is 7.03. The molecule has 0 heterocycles. The Bertz CT molecular complexity index is 727. The topological polar surface area (TPSA) is 55.4 Å². The van der Waals surface area contributed by atoms with Gasteiger partial charge in [-0.05, 0) is 49.7 Å². The van der Waals surface area contributed by atoms with Crippen LogP contribution in [0.2, 0.25) is 5.02 Å². The van der Waals surface area contributed by atoms with Crippen molar-refractivity contribution in [2.75, 3.05) is 4.72 Å². The molecule has 4 nitrogen and oxygen atoms in total. The molecule has 0 radical (unpaired) electrons. The average Bonchev–Trinajstić information content (AvgIpc) is 2.42. The highest BCUT2D eigenvalue weighted by Gasteiger charge is 2.14. The predicted octanol–water partition coefficient (Wildman–Crippen LogP) is 4.07. The van der Waals surface area contributed by atoms with Crippen LogP contribution in [0.4, 0.5) is 5.69 Å². The lowest BCUT2D eigenvalue weighted by molar-refractivity contribution is 0.242. The highest BCUT2D eigenvalue weighted by Crippen LogP contribution is 2.21. The van der Waals surface area contributed by atoms with Gasteiger partial charge in [-0.25, -0.2) is 8.42 Å². The average molecular weight is 340 g/mol. The minimum atomic E-state index is -3.52. The first-order chi connectivity index (χ1) is 10.4. The minimum absolute atomic E-state index is 0.0720. The van der Waals surface area contributed by atoms with Crippen molar-refractivity contribution in [1.29, 1.82) is 0 Å². The van der Waals surface area contributed by atoms with Crippen molar-refractivity contribution in [2.45, 2.75) is 25.7 Å². The molecule has 0 aliphatic rings. The first-order valence-corrected chi connectivity index (χ1v) is 8.89. The second-order valence-electron chi connectivity index (χ2n) is 5.14. The molecule has 0 fully saturated rings. The number of sulfonamides is 1. The van der Waals surface area contributed by atoms with E-state index in [1.165, 1.54) is 0 Å². The Morgan fingerprint density at radius 1 is 1.09 bits per heavy atom. The third-order valence-electron chi connectivity index (χ3n) is 2.80. The van der Waals surface area contributed by atoms with Gasteiger partial charge in [-0.3, -0.25) is 4.72 Å². The van der Waals surface area contributed by atoms with E-state index in [1.807, 2.05) is 13.8 Å². The predicted molar refractivity (Wildman–Crippen MR) is 89.9 cm³/mol. The minimum Gasteiger partial charge on any atom is -0.491 e. The molecule has 22 heavy (non-hydrogen) atoms. The Kier molecular flexibility index (Phi) is 5.32. The van der Waals surface area contributed by atoms with Gasteiger partial charge in [0.15, 0.2) is 0 Å². The summed E-state index contributed by atoms with van der Waals surface area (Å²) in [5, 5.41) is 0.438. The maximum Gasteiger partial charge on any atom is 0.236 e. The van der Waals surface area contributed by atoms with Crippen LogP contribution in [-0.2, 0) is 15.8 Å². The standard InChI is InChI=1S/C16H18ClNO3S/c1-12(2)21-15-9-7-14(8-10-15)18-22(19,20)11-13-5-3-4-6-16(13)17/h3-10,12,18H,11H2,1-2H3. The summed E-state index contributed by atoms with van der Waals surface area (Å²) in [5.74, 6) is 0.528. The first-order valence-electron chi connectivity index (χ1n) is 6.86. The number of hydrogen-bond donors (Lipinski definition) is 1. The molecule has 0 aliphatic carbocycles. The number of halogens is 1. The fraction of sp³-hybridized carbons (Fsp3) is 0.250. The smallest absolute Gasteiger partial charge is 0.236 e. The second-order valence-corrected chi connectivity index (χ2v) is 7.27. The summed E-state index contributed by atoms with van der Waals surface area (Å²) in [5.41, 5.74) is 1.06. The molecule has 0 saturated heterocycles. The van der Waals surface area contributed by atoms with Crippen LogP contribution >= 0.6 is 11.6 Å². The van der Waals surface area contributed by atoms with Crippen molar-refractivity contribution in [2.24, 2.45) is 0 Å². The van der Waals surface area contributed by atoms with Crippen LogP contribution in [0.15, 0.2) is 48.5 Å². The van der Waals surface area contributed by atoms with E-state index < -0.39 is 10.0 Å². The number of rotatable bonds is 6. The van der Waals surface area contributed by atoms with E-state index in [2.05, 4.69) is 4.72 Å². The lowest BCUT2D eigenvalue weighted by atomic mass is 10.2. The normalized spacial score (nSPS) is 11.5. The Balaban J connectivity index is 2.07. The molecule has 2 rings (SSSR count). The molecule has 0 aromatic heterocycles. The van der Waals surface area contributed by atoms with Crippen LogP contribution in [0.5, 0.6) is 5.75 Å². The summed E-state index contributed by atoms with van der Waals surface area (Å²) >= 11 is 5.99. The molecule has 0 atom stereocenters. The van der Waals surface area contributed by atoms with Gasteiger partial charge >= 0.3 is 0 Å². The Hall–Kier alpha value is -1.72. The molecule has 2 aromatic carbocycles. The highest BCUT2D eigenvalue weighted by molar-refractivity contribution is 7.91. The van der Waals surface area contributed by atoms with Crippen molar-refractivity contribution in [3.63, 3.8) is 0 Å². The molecular weight excluding hydrogens is 322 g/mol. The van der Waals surface area contributed by atoms with Crippen molar-refractivity contribution >= 4 is 27.3 Å². The van der Waals surface area contributed by atoms with E-state index in [1.54, 1.807) is 48.5 Å². The highest BCUT2D eigenvalue weighted by atomic mass is 35.5. The van der Waals surface area contributed by atoms with Crippen LogP contribution < -0.4 is 9.46 Å². The first kappa shape index (κ1) is 16.6. The molecular formula is C16H18ClNO3S. The quantitative estimate of drug-likeness (QED) is 0.863. The van der Waals surface area contributed by atoms with Crippen LogP contribution in [0, 0.1) is 0 Å². The van der Waals surface area contributed by atoms with E-state index in [-0.39, 0.29) is 11.9 Å². The largest absolute Gasteiger partial charge is 0.491 e. The summed E-state index contributed by atoms with van der Waals surface area (Å²) in [7, 11) is -3.52. The lowest BCUT2D eigenvalue weighted by Gasteiger charge is -2.12. The third kappa shape index (κ3) is 4.93. The van der Waals surface area contributed by atoms with Crippen molar-refractivity contribution < 1.29 is 13.2 Å². The summed E-state index contributed by atoms with van der Waals surface area (Å²) in [4.78, 5) is 0. The van der Waals surface area contributed by atoms with Gasteiger partial charge in [0.25, 0.3) is 0 Å². The molecule has 0 aliphatic heterocycles. The fourth-order valence-electron chi connectivity index (χ4n) is 1.91. The number of ether oxygens (including phenoxy) is 1. The van der Waals surface area contributed by atoms with E-state index in [4.69, 9.17) is 16.3 Å². The van der Waals surface area contributed by atoms with Crippen molar-refractivity contribution in [3.05, 3.63) is 59.1 Å². The van der Waals surface area contributed by atoms with Gasteiger partial charge in [0.05, 0.1) is 11.9 Å². The molecule has 6 heteroatoms. The van der Waals surface area contributed by atoms with Gasteiger partial charge in [-0.1, -0.05) is 29.8 Å². The zero-order valence-electron chi connectivity index (χ0n) is 12.4. The van der Waals surface area contributed by atoms with Crippen molar-refractivity contribution in [1.82, 2.24) is 0 Å². The molecule has 0 saturated carbocycles. The number of anilines is 1. The molecule has 1 N–H and O–H groups in total. The Labute approximate surface area is 136 Å². The van der Waals surface area contributed by atoms with Crippen LogP contribution in [-0.4, -0.2) is 14.5 Å². The summed E-state index contributed by atoms with van der Waals surface area (Å²) in [6, 6.07) is 13.7. The fourth-order valence-corrected chi connectivity index (χ4v) is 3.42. The summed E-state index contributed by atoms with van der Waals surface area (Å²) in [6.45, 7) is 3.86. The van der Waals surface area contributed by atoms with Gasteiger partial charge in [-0.15, -0.1) is 0 Å². The molecule has 118 valence electrons. The van der Waals surface area contributed by atoms with Gasteiger partial charge in [0.2, 0.25) is 10.0 Å². The van der Waals surface area contributed by atoms with Gasteiger partial charge in [0.1, 0.15) is 5.75 Å². The van der Waals surface area contributed by atoms with Crippen LogP contribution in [0.1, 0.15) is 19.4 Å². The van der Waals surface area contributed by atoms with Crippen molar-refractivity contribution in [3.8, 4) is 5.75 Å². The molecule has 0 spiro atoms. The zero-order chi connectivity index (χ0) is 16.2. The van der Waals surface area contributed by atoms with Gasteiger partial charge < -0.3 is 4.74 Å². The lowest BCUT2D eigenvalue weighted by Crippen LogP contribution is -2.15. The van der Waals surface area contributed by atoms with E-state index in [9.17, 15) is 8.42 Å². The zero-order valence-corrected chi connectivity index (χ0v) is 14.0. The molecule has 2 aromatic rings. The van der Waals surface area contributed by atoms with Crippen LogP contribution in [0.3, 0.4) is 0 Å². The Morgan fingerprint density at radius 3 is 2.32 bits per heavy atom. The molecule has 0 amide bonds.